The molecule has 0 radical (unpaired) electrons. The molecule has 2 heterocycles. The van der Waals surface area contributed by atoms with Gasteiger partial charge in [-0.1, -0.05) is 23.4 Å². The van der Waals surface area contributed by atoms with Crippen LogP contribution < -0.4 is 0 Å². The molecule has 118 valence electrons. The van der Waals surface area contributed by atoms with E-state index in [2.05, 4.69) is 10.1 Å². The Labute approximate surface area is 128 Å². The van der Waals surface area contributed by atoms with Crippen LogP contribution in [0.4, 0.5) is 4.39 Å². The van der Waals surface area contributed by atoms with Crippen molar-refractivity contribution in [1.82, 2.24) is 14.4 Å². The van der Waals surface area contributed by atoms with Gasteiger partial charge in [0, 0.05) is 18.7 Å². The minimum atomic E-state index is -3.57. The summed E-state index contributed by atoms with van der Waals surface area (Å²) in [5.74, 6) is 0.0459. The van der Waals surface area contributed by atoms with Crippen molar-refractivity contribution in [3.63, 3.8) is 0 Å². The van der Waals surface area contributed by atoms with Crippen LogP contribution in [0.25, 0.3) is 0 Å². The Kier molecular flexibility index (Phi) is 3.96. The average Bonchev–Trinajstić information content (AvgIpc) is 3.10. The fourth-order valence-corrected chi connectivity index (χ4v) is 4.16. The van der Waals surface area contributed by atoms with E-state index in [1.54, 1.807) is 13.0 Å². The predicted molar refractivity (Wildman–Crippen MR) is 77.0 cm³/mol. The summed E-state index contributed by atoms with van der Waals surface area (Å²) in [5, 5.41) is 3.72. The Morgan fingerprint density at radius 2 is 2.18 bits per heavy atom. The van der Waals surface area contributed by atoms with Crippen molar-refractivity contribution >= 4 is 10.0 Å². The van der Waals surface area contributed by atoms with Crippen molar-refractivity contribution in [3.8, 4) is 0 Å². The molecule has 22 heavy (non-hydrogen) atoms. The Hall–Kier alpha value is -1.80. The number of hydrogen-bond acceptors (Lipinski definition) is 5. The first-order valence-corrected chi connectivity index (χ1v) is 8.58. The van der Waals surface area contributed by atoms with Gasteiger partial charge in [-0.05, 0) is 19.4 Å². The van der Waals surface area contributed by atoms with Crippen LogP contribution >= 0.6 is 0 Å². The zero-order chi connectivity index (χ0) is 15.7. The minimum absolute atomic E-state index is 0.100. The molecule has 3 rings (SSSR count). The molecule has 2 aromatic rings. The average molecular weight is 325 g/mol. The maximum atomic E-state index is 13.6. The van der Waals surface area contributed by atoms with Gasteiger partial charge >= 0.3 is 0 Å². The van der Waals surface area contributed by atoms with Gasteiger partial charge in [0.05, 0.1) is 11.7 Å². The first-order chi connectivity index (χ1) is 10.5. The molecule has 1 atom stereocenters. The smallest absolute Gasteiger partial charge is 0.231 e. The first kappa shape index (κ1) is 15.1. The third-order valence-corrected chi connectivity index (χ3v) is 5.53. The molecule has 1 aromatic heterocycles. The topological polar surface area (TPSA) is 76.3 Å². The van der Waals surface area contributed by atoms with Crippen LogP contribution in [0.15, 0.2) is 28.8 Å². The highest BCUT2D eigenvalue weighted by molar-refractivity contribution is 7.88. The lowest BCUT2D eigenvalue weighted by atomic mass is 10.1. The highest BCUT2D eigenvalue weighted by Gasteiger charge is 2.35. The maximum absolute atomic E-state index is 13.6. The lowest BCUT2D eigenvalue weighted by molar-refractivity contribution is 0.351. The van der Waals surface area contributed by atoms with E-state index < -0.39 is 15.8 Å². The molecule has 0 spiro atoms. The van der Waals surface area contributed by atoms with Crippen LogP contribution in [0.2, 0.25) is 0 Å². The van der Waals surface area contributed by atoms with Crippen LogP contribution in [0.1, 0.15) is 29.6 Å². The minimum Gasteiger partial charge on any atom is -0.339 e. The molecule has 8 heteroatoms. The number of benzene rings is 1. The van der Waals surface area contributed by atoms with Crippen LogP contribution in [0, 0.1) is 12.7 Å². The lowest BCUT2D eigenvalue weighted by Gasteiger charge is -2.16. The fraction of sp³-hybridized carbons (Fsp3) is 0.429. The molecule has 1 saturated heterocycles. The predicted octanol–water partition coefficient (Wildman–Crippen LogP) is 1.84. The van der Waals surface area contributed by atoms with Crippen molar-refractivity contribution in [1.29, 1.82) is 0 Å². The van der Waals surface area contributed by atoms with E-state index in [1.165, 1.54) is 22.5 Å². The van der Waals surface area contributed by atoms with E-state index in [4.69, 9.17) is 4.52 Å². The summed E-state index contributed by atoms with van der Waals surface area (Å²) in [4.78, 5) is 4.15. The summed E-state index contributed by atoms with van der Waals surface area (Å²) in [6.07, 6.45) is 0.623. The Morgan fingerprint density at radius 3 is 2.86 bits per heavy atom. The number of rotatable bonds is 4. The summed E-state index contributed by atoms with van der Waals surface area (Å²) in [5.41, 5.74) is 0.180. The molecule has 1 aliphatic rings. The van der Waals surface area contributed by atoms with Gasteiger partial charge in [-0.2, -0.15) is 4.98 Å². The van der Waals surface area contributed by atoms with E-state index in [0.717, 1.165) is 0 Å². The third-order valence-electron chi connectivity index (χ3n) is 3.73. The number of aryl methyl sites for hydroxylation is 1. The highest BCUT2D eigenvalue weighted by atomic mass is 32.2. The molecule has 1 fully saturated rings. The molecule has 0 bridgehead atoms. The summed E-state index contributed by atoms with van der Waals surface area (Å²) in [6.45, 7) is 2.38. The normalized spacial score (nSPS) is 19.6. The molecule has 1 aliphatic heterocycles. The zero-order valence-electron chi connectivity index (χ0n) is 12.1. The van der Waals surface area contributed by atoms with Gasteiger partial charge in [0.25, 0.3) is 0 Å². The lowest BCUT2D eigenvalue weighted by Crippen LogP contribution is -2.30. The Morgan fingerprint density at radius 1 is 1.41 bits per heavy atom. The van der Waals surface area contributed by atoms with E-state index in [0.29, 0.717) is 31.2 Å². The summed E-state index contributed by atoms with van der Waals surface area (Å²) < 4.78 is 45.0. The van der Waals surface area contributed by atoms with E-state index in [1.807, 2.05) is 0 Å². The van der Waals surface area contributed by atoms with Crippen molar-refractivity contribution in [2.45, 2.75) is 25.0 Å². The number of halogens is 1. The van der Waals surface area contributed by atoms with Crippen molar-refractivity contribution in [3.05, 3.63) is 47.4 Å². The summed E-state index contributed by atoms with van der Waals surface area (Å²) in [6, 6.07) is 5.91. The number of aromatic nitrogens is 2. The van der Waals surface area contributed by atoms with Gasteiger partial charge in [-0.15, -0.1) is 0 Å². The molecule has 0 saturated carbocycles. The number of sulfonamides is 1. The summed E-state index contributed by atoms with van der Waals surface area (Å²) >= 11 is 0. The zero-order valence-corrected chi connectivity index (χ0v) is 12.9. The summed E-state index contributed by atoms with van der Waals surface area (Å²) in [7, 11) is -3.57. The van der Waals surface area contributed by atoms with E-state index in [9.17, 15) is 12.8 Å². The Balaban J connectivity index is 1.73. The molecule has 1 aromatic carbocycles. The molecule has 6 nitrogen and oxygen atoms in total. The standard InChI is InChI=1S/C14H16FN3O3S/c1-10-16-14(21-17-10)11-6-7-18(8-11)22(19,20)9-12-4-2-3-5-13(12)15/h2-5,11H,6-9H2,1H3/t11-/m1/s1. The van der Waals surface area contributed by atoms with Crippen molar-refractivity contribution < 1.29 is 17.3 Å². The van der Waals surface area contributed by atoms with Crippen LogP contribution in [-0.4, -0.2) is 36.0 Å². The van der Waals surface area contributed by atoms with E-state index >= 15 is 0 Å². The van der Waals surface area contributed by atoms with Crippen LogP contribution in [0.3, 0.4) is 0 Å². The van der Waals surface area contributed by atoms with Gasteiger partial charge in [-0.3, -0.25) is 0 Å². The first-order valence-electron chi connectivity index (χ1n) is 6.97. The second-order valence-electron chi connectivity index (χ2n) is 5.37. The number of hydrogen-bond donors (Lipinski definition) is 0. The van der Waals surface area contributed by atoms with Gasteiger partial charge in [0.1, 0.15) is 5.82 Å². The SMILES string of the molecule is Cc1noc([C@@H]2CCN(S(=O)(=O)Cc3ccccc3F)C2)n1. The molecule has 0 unspecified atom stereocenters. The third kappa shape index (κ3) is 3.02. The molecule has 0 aliphatic carbocycles. The van der Waals surface area contributed by atoms with Crippen LogP contribution in [-0.2, 0) is 15.8 Å². The van der Waals surface area contributed by atoms with Gasteiger partial charge in [0.2, 0.25) is 15.9 Å². The largest absolute Gasteiger partial charge is 0.339 e. The van der Waals surface area contributed by atoms with Crippen molar-refractivity contribution in [2.75, 3.05) is 13.1 Å². The fourth-order valence-electron chi connectivity index (χ4n) is 2.56. The Bertz CT molecular complexity index is 775. The second kappa shape index (κ2) is 5.77. The van der Waals surface area contributed by atoms with Crippen molar-refractivity contribution in [2.24, 2.45) is 0 Å². The number of nitrogens with zero attached hydrogens (tertiary/aromatic N) is 3. The van der Waals surface area contributed by atoms with Gasteiger partial charge < -0.3 is 4.52 Å². The van der Waals surface area contributed by atoms with Gasteiger partial charge in [-0.25, -0.2) is 17.1 Å². The van der Waals surface area contributed by atoms with Gasteiger partial charge in [0.15, 0.2) is 5.82 Å². The molecular formula is C14H16FN3O3S. The molecule has 0 amide bonds. The highest BCUT2D eigenvalue weighted by Crippen LogP contribution is 2.29. The molecule has 0 N–H and O–H groups in total. The monoisotopic (exact) mass is 325 g/mol. The second-order valence-corrected chi connectivity index (χ2v) is 7.34. The van der Waals surface area contributed by atoms with E-state index in [-0.39, 0.29) is 17.2 Å². The van der Waals surface area contributed by atoms with Crippen LogP contribution in [0.5, 0.6) is 0 Å². The molecular weight excluding hydrogens is 309 g/mol. The maximum Gasteiger partial charge on any atom is 0.231 e. The quantitative estimate of drug-likeness (QED) is 0.857.